The molecule has 0 amide bonds. The lowest BCUT2D eigenvalue weighted by Gasteiger charge is -2.19. The summed E-state index contributed by atoms with van der Waals surface area (Å²) in [5, 5.41) is 11.4. The predicted molar refractivity (Wildman–Crippen MR) is 106 cm³/mol. The molecule has 13 heteroatoms. The first-order chi connectivity index (χ1) is 15.7. The molecule has 3 rings (SSSR count). The van der Waals surface area contributed by atoms with Gasteiger partial charge in [0.15, 0.2) is 15.5 Å². The summed E-state index contributed by atoms with van der Waals surface area (Å²) < 4.78 is 108. The molecule has 0 aliphatic rings. The fourth-order valence-electron chi connectivity index (χ4n) is 2.86. The standard InChI is InChI=1S/C21H12F6O5S2/c22-20(23,24)16-12-18(17(11-15(16)19(28)29)32-34(30,31)21(25,26)27)33(13-7-3-1-4-8-13)14-9-5-2-6-10-14/h1-12H. The molecule has 0 bridgehead atoms. The van der Waals surface area contributed by atoms with Gasteiger partial charge in [0.1, 0.15) is 10.9 Å². The number of halogens is 6. The number of hydrogen-bond acceptors (Lipinski definition) is 5. The van der Waals surface area contributed by atoms with Crippen LogP contribution in [0.2, 0.25) is 0 Å². The number of carbonyl (C=O) groups is 1. The molecule has 0 aliphatic heterocycles. The molecule has 0 fully saturated rings. The minimum absolute atomic E-state index is 0.0860. The van der Waals surface area contributed by atoms with Crippen molar-refractivity contribution in [3.63, 3.8) is 0 Å². The van der Waals surface area contributed by atoms with Crippen LogP contribution in [-0.4, -0.2) is 19.9 Å². The average Bonchev–Trinajstić information content (AvgIpc) is 2.74. The molecule has 0 radical (unpaired) electrons. The number of hydrogen-bond donors (Lipinski definition) is 0. The van der Waals surface area contributed by atoms with E-state index in [4.69, 9.17) is 0 Å². The maximum Gasteiger partial charge on any atom is 0.534 e. The van der Waals surface area contributed by atoms with Crippen molar-refractivity contribution in [2.45, 2.75) is 26.4 Å². The van der Waals surface area contributed by atoms with Crippen molar-refractivity contribution in [3.05, 3.63) is 83.9 Å². The molecule has 0 saturated heterocycles. The van der Waals surface area contributed by atoms with Crippen LogP contribution < -0.4 is 9.29 Å². The third-order valence-corrected chi connectivity index (χ3v) is 7.48. The quantitative estimate of drug-likeness (QED) is 0.208. The van der Waals surface area contributed by atoms with Gasteiger partial charge in [-0.2, -0.15) is 34.8 Å². The number of carboxylic acid groups (broad SMARTS) is 1. The summed E-state index contributed by atoms with van der Waals surface area (Å²) >= 11 is 0. The Morgan fingerprint density at radius 1 is 0.824 bits per heavy atom. The Balaban J connectivity index is 2.41. The van der Waals surface area contributed by atoms with Crippen LogP contribution in [0.1, 0.15) is 15.9 Å². The first-order valence-electron chi connectivity index (χ1n) is 9.04. The van der Waals surface area contributed by atoms with E-state index in [-0.39, 0.29) is 12.1 Å². The molecule has 34 heavy (non-hydrogen) atoms. The first-order valence-corrected chi connectivity index (χ1v) is 11.7. The number of carboxylic acids is 1. The number of rotatable bonds is 6. The Hall–Kier alpha value is -3.19. The van der Waals surface area contributed by atoms with Crippen LogP contribution >= 0.6 is 0 Å². The van der Waals surface area contributed by atoms with Crippen LogP contribution in [0.25, 0.3) is 0 Å². The highest BCUT2D eigenvalue weighted by atomic mass is 32.2. The third-order valence-electron chi connectivity index (χ3n) is 4.27. The first kappa shape index (κ1) is 25.4. The van der Waals surface area contributed by atoms with Crippen molar-refractivity contribution >= 4 is 27.0 Å². The molecular formula is C21H12F6O5S2. The number of benzene rings is 3. The fourth-order valence-corrected chi connectivity index (χ4v) is 5.55. The zero-order valence-electron chi connectivity index (χ0n) is 16.6. The van der Waals surface area contributed by atoms with Gasteiger partial charge < -0.3 is 14.1 Å². The second-order valence-corrected chi connectivity index (χ2v) is 10.1. The van der Waals surface area contributed by atoms with E-state index < -0.39 is 60.4 Å². The second kappa shape index (κ2) is 9.22. The third kappa shape index (κ3) is 5.30. The molecule has 0 aliphatic carbocycles. The van der Waals surface area contributed by atoms with Crippen LogP contribution in [0.15, 0.2) is 87.5 Å². The number of alkyl halides is 6. The highest BCUT2D eigenvalue weighted by molar-refractivity contribution is 7.97. The predicted octanol–water partition coefficient (Wildman–Crippen LogP) is 4.39. The average molecular weight is 522 g/mol. The second-order valence-electron chi connectivity index (χ2n) is 6.55. The summed E-state index contributed by atoms with van der Waals surface area (Å²) in [5.41, 5.74) is -9.23. The smallest absolute Gasteiger partial charge is 0.534 e. The van der Waals surface area contributed by atoms with Crippen LogP contribution in [0, 0.1) is 0 Å². The Morgan fingerprint density at radius 3 is 1.68 bits per heavy atom. The van der Waals surface area contributed by atoms with Crippen molar-refractivity contribution in [2.75, 3.05) is 0 Å². The van der Waals surface area contributed by atoms with Gasteiger partial charge in [-0.25, -0.2) is 0 Å². The molecule has 0 unspecified atom stereocenters. The Labute approximate surface area is 192 Å². The van der Waals surface area contributed by atoms with E-state index in [2.05, 4.69) is 4.18 Å². The van der Waals surface area contributed by atoms with E-state index in [1.165, 1.54) is 48.5 Å². The summed E-state index contributed by atoms with van der Waals surface area (Å²) in [5.74, 6) is -3.60. The van der Waals surface area contributed by atoms with E-state index in [1.807, 2.05) is 0 Å². The molecule has 0 N–H and O–H groups in total. The topological polar surface area (TPSA) is 83.5 Å². The largest absolute Gasteiger partial charge is 0.545 e. The van der Waals surface area contributed by atoms with Crippen LogP contribution in [-0.2, 0) is 27.2 Å². The van der Waals surface area contributed by atoms with Crippen molar-refractivity contribution in [1.82, 2.24) is 0 Å². The van der Waals surface area contributed by atoms with E-state index in [0.29, 0.717) is 9.79 Å². The van der Waals surface area contributed by atoms with E-state index in [1.54, 1.807) is 12.1 Å². The minimum atomic E-state index is -6.35. The van der Waals surface area contributed by atoms with Crippen molar-refractivity contribution in [2.24, 2.45) is 0 Å². The van der Waals surface area contributed by atoms with Gasteiger partial charge in [-0.1, -0.05) is 36.4 Å². The summed E-state index contributed by atoms with van der Waals surface area (Å²) in [6.45, 7) is 0. The molecule has 3 aromatic rings. The van der Waals surface area contributed by atoms with Gasteiger partial charge in [-0.15, -0.1) is 0 Å². The van der Waals surface area contributed by atoms with E-state index >= 15 is 0 Å². The van der Waals surface area contributed by atoms with Crippen molar-refractivity contribution in [1.29, 1.82) is 0 Å². The van der Waals surface area contributed by atoms with Crippen LogP contribution in [0.5, 0.6) is 5.75 Å². The van der Waals surface area contributed by atoms with E-state index in [9.17, 15) is 44.7 Å². The fraction of sp³-hybridized carbons (Fsp3) is 0.0952. The molecule has 0 atom stereocenters. The Morgan fingerprint density at radius 2 is 1.29 bits per heavy atom. The molecular weight excluding hydrogens is 510 g/mol. The maximum absolute atomic E-state index is 13.7. The lowest BCUT2D eigenvalue weighted by molar-refractivity contribution is -0.255. The molecule has 0 aromatic heterocycles. The van der Waals surface area contributed by atoms with Gasteiger partial charge >= 0.3 is 21.8 Å². The Bertz CT molecular complexity index is 1250. The molecule has 0 heterocycles. The van der Waals surface area contributed by atoms with Gasteiger partial charge in [0, 0.05) is 11.6 Å². The lowest BCUT2D eigenvalue weighted by atomic mass is 10.1. The molecule has 5 nitrogen and oxygen atoms in total. The Kier molecular flexibility index (Phi) is 6.90. The normalized spacial score (nSPS) is 12.6. The summed E-state index contributed by atoms with van der Waals surface area (Å²) in [4.78, 5) is 11.4. The lowest BCUT2D eigenvalue weighted by Crippen LogP contribution is -2.30. The highest BCUT2D eigenvalue weighted by Crippen LogP contribution is 2.43. The minimum Gasteiger partial charge on any atom is -0.545 e. The maximum atomic E-state index is 13.7. The van der Waals surface area contributed by atoms with Crippen molar-refractivity contribution in [3.8, 4) is 5.75 Å². The zero-order chi connectivity index (χ0) is 25.3. The van der Waals surface area contributed by atoms with Gasteiger partial charge in [0.25, 0.3) is 0 Å². The van der Waals surface area contributed by atoms with E-state index in [0.717, 1.165) is 0 Å². The van der Waals surface area contributed by atoms with Gasteiger partial charge in [-0.3, -0.25) is 0 Å². The number of carbonyl (C=O) groups excluding carboxylic acids is 1. The van der Waals surface area contributed by atoms with Crippen LogP contribution in [0.3, 0.4) is 0 Å². The zero-order valence-corrected chi connectivity index (χ0v) is 18.2. The van der Waals surface area contributed by atoms with Gasteiger partial charge in [0.2, 0.25) is 4.90 Å². The molecule has 0 saturated carbocycles. The molecule has 0 spiro atoms. The number of aromatic carboxylic acids is 1. The van der Waals surface area contributed by atoms with Gasteiger partial charge in [0.05, 0.1) is 11.5 Å². The summed E-state index contributed by atoms with van der Waals surface area (Å²) in [6, 6.07) is 15.5. The molecule has 3 aromatic carbocycles. The summed E-state index contributed by atoms with van der Waals surface area (Å²) in [7, 11) is -7.98. The van der Waals surface area contributed by atoms with Crippen LogP contribution in [0.4, 0.5) is 26.3 Å². The monoisotopic (exact) mass is 522 g/mol. The van der Waals surface area contributed by atoms with Crippen molar-refractivity contribution < 1.29 is 48.8 Å². The molecule has 180 valence electrons. The SMILES string of the molecule is O=C([O-])c1cc(OS(=O)(=O)C(F)(F)F)c([S+](c2ccccc2)c2ccccc2)cc1C(F)(F)F. The summed E-state index contributed by atoms with van der Waals surface area (Å²) in [6.07, 6.45) is -5.26. The van der Waals surface area contributed by atoms with Gasteiger partial charge in [-0.05, 0) is 30.3 Å². The highest BCUT2D eigenvalue weighted by Gasteiger charge is 2.50.